The molecule has 1 rings (SSSR count). The first kappa shape index (κ1) is 14.0. The molecule has 0 unspecified atom stereocenters. The highest BCUT2D eigenvalue weighted by atomic mass is 16.5. The highest BCUT2D eigenvalue weighted by Crippen LogP contribution is 2.11. The molecule has 0 aliphatic carbocycles. The molecule has 0 heterocycles. The van der Waals surface area contributed by atoms with E-state index in [1.165, 1.54) is 31.4 Å². The third kappa shape index (κ3) is 3.48. The van der Waals surface area contributed by atoms with Crippen LogP contribution in [0.1, 0.15) is 24.2 Å². The van der Waals surface area contributed by atoms with Gasteiger partial charge in [-0.2, -0.15) is 0 Å². The second-order valence-electron chi connectivity index (χ2n) is 4.27. The number of phenols is 1. The fourth-order valence-electron chi connectivity index (χ4n) is 1.46. The van der Waals surface area contributed by atoms with Gasteiger partial charge in [-0.1, -0.05) is 13.8 Å². The number of ether oxygens (including phenoxy) is 1. The Balaban J connectivity index is 2.78. The van der Waals surface area contributed by atoms with Crippen LogP contribution < -0.4 is 5.32 Å². The van der Waals surface area contributed by atoms with Crippen molar-refractivity contribution < 1.29 is 19.4 Å². The summed E-state index contributed by atoms with van der Waals surface area (Å²) >= 11 is 0. The number of carbonyl (C=O) groups is 2. The zero-order chi connectivity index (χ0) is 13.7. The van der Waals surface area contributed by atoms with Crippen LogP contribution in [0.5, 0.6) is 5.75 Å². The smallest absolute Gasteiger partial charge is 0.328 e. The molecule has 18 heavy (non-hydrogen) atoms. The van der Waals surface area contributed by atoms with Crippen molar-refractivity contribution in [3.8, 4) is 5.75 Å². The molecule has 0 radical (unpaired) electrons. The van der Waals surface area contributed by atoms with Crippen LogP contribution in [0, 0.1) is 5.92 Å². The van der Waals surface area contributed by atoms with Crippen LogP contribution in [-0.2, 0) is 9.53 Å². The number of nitrogens with one attached hydrogen (secondary N) is 1. The van der Waals surface area contributed by atoms with Crippen molar-refractivity contribution in [2.24, 2.45) is 5.92 Å². The minimum Gasteiger partial charge on any atom is -0.508 e. The second kappa shape index (κ2) is 6.05. The van der Waals surface area contributed by atoms with Gasteiger partial charge in [-0.25, -0.2) is 4.79 Å². The molecule has 98 valence electrons. The standard InChI is InChI=1S/C13H17NO4/c1-8(2)11(13(17)18-3)14-12(16)9-4-6-10(15)7-5-9/h4-8,11,15H,1-3H3,(H,14,16)/t11-/m1/s1. The summed E-state index contributed by atoms with van der Waals surface area (Å²) in [5, 5.41) is 11.7. The zero-order valence-electron chi connectivity index (χ0n) is 10.6. The number of methoxy groups -OCH3 is 1. The van der Waals surface area contributed by atoms with E-state index in [-0.39, 0.29) is 17.6 Å². The van der Waals surface area contributed by atoms with E-state index in [1.54, 1.807) is 0 Å². The first-order chi connectivity index (χ1) is 8.45. The van der Waals surface area contributed by atoms with E-state index in [0.29, 0.717) is 5.56 Å². The molecule has 5 heteroatoms. The lowest BCUT2D eigenvalue weighted by molar-refractivity contribution is -0.144. The third-order valence-electron chi connectivity index (χ3n) is 2.54. The quantitative estimate of drug-likeness (QED) is 0.791. The number of rotatable bonds is 4. The maximum absolute atomic E-state index is 11.9. The zero-order valence-corrected chi connectivity index (χ0v) is 10.6. The number of hydrogen-bond donors (Lipinski definition) is 2. The molecule has 0 spiro atoms. The normalized spacial score (nSPS) is 12.0. The molecule has 1 amide bonds. The summed E-state index contributed by atoms with van der Waals surface area (Å²) in [7, 11) is 1.28. The van der Waals surface area contributed by atoms with Crippen LogP contribution >= 0.6 is 0 Å². The molecule has 0 aliphatic heterocycles. The summed E-state index contributed by atoms with van der Waals surface area (Å²) in [6, 6.07) is 5.12. The highest BCUT2D eigenvalue weighted by Gasteiger charge is 2.25. The summed E-state index contributed by atoms with van der Waals surface area (Å²) in [6.45, 7) is 3.64. The minimum atomic E-state index is -0.684. The summed E-state index contributed by atoms with van der Waals surface area (Å²) in [5.41, 5.74) is 0.377. The fraction of sp³-hybridized carbons (Fsp3) is 0.385. The predicted molar refractivity (Wildman–Crippen MR) is 66.2 cm³/mol. The molecular formula is C13H17NO4. The van der Waals surface area contributed by atoms with Crippen LogP contribution in [0.15, 0.2) is 24.3 Å². The van der Waals surface area contributed by atoms with E-state index >= 15 is 0 Å². The monoisotopic (exact) mass is 251 g/mol. The van der Waals surface area contributed by atoms with E-state index < -0.39 is 12.0 Å². The van der Waals surface area contributed by atoms with E-state index in [9.17, 15) is 9.59 Å². The van der Waals surface area contributed by atoms with Crippen molar-refractivity contribution in [3.63, 3.8) is 0 Å². The van der Waals surface area contributed by atoms with Crippen molar-refractivity contribution in [2.45, 2.75) is 19.9 Å². The van der Waals surface area contributed by atoms with Crippen molar-refractivity contribution in [3.05, 3.63) is 29.8 Å². The maximum Gasteiger partial charge on any atom is 0.328 e. The van der Waals surface area contributed by atoms with Gasteiger partial charge in [-0.15, -0.1) is 0 Å². The Labute approximate surface area is 106 Å². The molecule has 2 N–H and O–H groups in total. The van der Waals surface area contributed by atoms with Gasteiger partial charge < -0.3 is 15.2 Å². The van der Waals surface area contributed by atoms with Crippen LogP contribution in [0.4, 0.5) is 0 Å². The van der Waals surface area contributed by atoms with Crippen molar-refractivity contribution >= 4 is 11.9 Å². The number of benzene rings is 1. The van der Waals surface area contributed by atoms with Crippen LogP contribution in [0.3, 0.4) is 0 Å². The molecule has 5 nitrogen and oxygen atoms in total. The molecule has 0 saturated carbocycles. The number of hydrogen-bond acceptors (Lipinski definition) is 4. The molecule has 1 aromatic carbocycles. The number of amides is 1. The van der Waals surface area contributed by atoms with Gasteiger partial charge in [0.05, 0.1) is 7.11 Å². The summed E-state index contributed by atoms with van der Waals surface area (Å²) < 4.78 is 4.64. The van der Waals surface area contributed by atoms with Gasteiger partial charge in [-0.05, 0) is 30.2 Å². The first-order valence-corrected chi connectivity index (χ1v) is 5.63. The molecule has 0 fully saturated rings. The molecular weight excluding hydrogens is 234 g/mol. The molecule has 0 saturated heterocycles. The second-order valence-corrected chi connectivity index (χ2v) is 4.27. The predicted octanol–water partition coefficient (Wildman–Crippen LogP) is 1.32. The van der Waals surface area contributed by atoms with Crippen LogP contribution in [0.25, 0.3) is 0 Å². The average molecular weight is 251 g/mol. The van der Waals surface area contributed by atoms with Gasteiger partial charge in [0, 0.05) is 5.56 Å². The molecule has 0 aromatic heterocycles. The maximum atomic E-state index is 11.9. The van der Waals surface area contributed by atoms with Gasteiger partial charge in [0.15, 0.2) is 0 Å². The Morgan fingerprint density at radius 2 is 1.78 bits per heavy atom. The Kier molecular flexibility index (Phi) is 4.71. The lowest BCUT2D eigenvalue weighted by atomic mass is 10.0. The van der Waals surface area contributed by atoms with Gasteiger partial charge >= 0.3 is 5.97 Å². The van der Waals surface area contributed by atoms with Crippen molar-refractivity contribution in [2.75, 3.05) is 7.11 Å². The minimum absolute atomic E-state index is 0.0708. The fourth-order valence-corrected chi connectivity index (χ4v) is 1.46. The van der Waals surface area contributed by atoms with E-state index in [0.717, 1.165) is 0 Å². The Morgan fingerprint density at radius 3 is 2.22 bits per heavy atom. The number of esters is 1. The topological polar surface area (TPSA) is 75.6 Å². The number of phenolic OH excluding ortho intramolecular Hbond substituents is 1. The lowest BCUT2D eigenvalue weighted by Crippen LogP contribution is -2.45. The number of carbonyl (C=O) groups excluding carboxylic acids is 2. The van der Waals surface area contributed by atoms with Crippen LogP contribution in [0.2, 0.25) is 0 Å². The largest absolute Gasteiger partial charge is 0.508 e. The average Bonchev–Trinajstić information content (AvgIpc) is 2.35. The SMILES string of the molecule is COC(=O)[C@H](NC(=O)c1ccc(O)cc1)C(C)C. The van der Waals surface area contributed by atoms with Crippen molar-refractivity contribution in [1.82, 2.24) is 5.32 Å². The van der Waals surface area contributed by atoms with Gasteiger partial charge in [0.1, 0.15) is 11.8 Å². The summed E-state index contributed by atoms with van der Waals surface area (Å²) in [5.74, 6) is -0.838. The summed E-state index contributed by atoms with van der Waals surface area (Å²) in [4.78, 5) is 23.4. The van der Waals surface area contributed by atoms with Gasteiger partial charge in [0.25, 0.3) is 5.91 Å². The lowest BCUT2D eigenvalue weighted by Gasteiger charge is -2.19. The van der Waals surface area contributed by atoms with Crippen LogP contribution in [-0.4, -0.2) is 30.1 Å². The van der Waals surface area contributed by atoms with E-state index in [4.69, 9.17) is 5.11 Å². The van der Waals surface area contributed by atoms with E-state index in [2.05, 4.69) is 10.1 Å². The molecule has 1 aromatic rings. The highest BCUT2D eigenvalue weighted by molar-refractivity contribution is 5.96. The Morgan fingerprint density at radius 1 is 1.22 bits per heavy atom. The first-order valence-electron chi connectivity index (χ1n) is 5.63. The Hall–Kier alpha value is -2.04. The third-order valence-corrected chi connectivity index (χ3v) is 2.54. The Bertz CT molecular complexity index is 425. The van der Waals surface area contributed by atoms with Gasteiger partial charge in [0.2, 0.25) is 0 Å². The molecule has 0 aliphatic rings. The van der Waals surface area contributed by atoms with Crippen molar-refractivity contribution in [1.29, 1.82) is 0 Å². The van der Waals surface area contributed by atoms with Gasteiger partial charge in [-0.3, -0.25) is 4.79 Å². The summed E-state index contributed by atoms with van der Waals surface area (Å²) in [6.07, 6.45) is 0. The molecule has 0 bridgehead atoms. The van der Waals surface area contributed by atoms with E-state index in [1.807, 2.05) is 13.8 Å². The molecule has 1 atom stereocenters. The number of aromatic hydroxyl groups is 1.